The highest BCUT2D eigenvalue weighted by molar-refractivity contribution is 6.42. The molecule has 2 aromatic rings. The fourth-order valence-corrected chi connectivity index (χ4v) is 2.09. The summed E-state index contributed by atoms with van der Waals surface area (Å²) >= 11 is 12.1. The Balaban J connectivity index is 1.94. The highest BCUT2D eigenvalue weighted by Crippen LogP contribution is 2.26. The minimum atomic E-state index is -0.507. The molecule has 0 radical (unpaired) electrons. The van der Waals surface area contributed by atoms with Crippen LogP contribution in [0.5, 0.6) is 5.75 Å². The number of carbonyl (C=O) groups excluding carboxylic acids is 1. The topological polar surface area (TPSA) is 64.4 Å². The molecule has 3 N–H and O–H groups in total. The maximum atomic E-state index is 10.6. The lowest BCUT2D eigenvalue weighted by Crippen LogP contribution is -2.19. The van der Waals surface area contributed by atoms with Crippen molar-refractivity contribution in [3.05, 3.63) is 58.1 Å². The fraction of sp³-hybridized carbons (Fsp3) is 0.133. The number of nitrogens with one attached hydrogen (secondary N) is 1. The van der Waals surface area contributed by atoms with Gasteiger partial charge in [-0.2, -0.15) is 0 Å². The summed E-state index contributed by atoms with van der Waals surface area (Å²) in [6.45, 7) is 0.422. The summed E-state index contributed by atoms with van der Waals surface area (Å²) in [6, 6.07) is 12.7. The maximum Gasteiger partial charge on any atom is 0.255 e. The third-order valence-corrected chi connectivity index (χ3v) is 3.61. The summed E-state index contributed by atoms with van der Waals surface area (Å²) < 4.78 is 5.18. The van der Waals surface area contributed by atoms with Crippen LogP contribution in [0.25, 0.3) is 0 Å². The van der Waals surface area contributed by atoms with Gasteiger partial charge in [-0.1, -0.05) is 35.3 Å². The van der Waals surface area contributed by atoms with Crippen LogP contribution in [0.3, 0.4) is 0 Å². The summed E-state index contributed by atoms with van der Waals surface area (Å²) in [5.41, 5.74) is 6.82. The summed E-state index contributed by atoms with van der Waals surface area (Å²) in [6.07, 6.45) is 0. The molecule has 0 heterocycles. The Labute approximate surface area is 132 Å². The average Bonchev–Trinajstić information content (AvgIpc) is 2.48. The number of ether oxygens (including phenoxy) is 1. The lowest BCUT2D eigenvalue weighted by atomic mass is 10.2. The van der Waals surface area contributed by atoms with E-state index in [9.17, 15) is 4.79 Å². The molecule has 110 valence electrons. The van der Waals surface area contributed by atoms with E-state index in [1.807, 2.05) is 24.3 Å². The Hall–Kier alpha value is -1.91. The van der Waals surface area contributed by atoms with Gasteiger partial charge >= 0.3 is 0 Å². The van der Waals surface area contributed by atoms with Crippen molar-refractivity contribution >= 4 is 34.8 Å². The van der Waals surface area contributed by atoms with Gasteiger partial charge < -0.3 is 15.8 Å². The van der Waals surface area contributed by atoms with Crippen LogP contribution < -0.4 is 15.8 Å². The van der Waals surface area contributed by atoms with Crippen molar-refractivity contribution in [1.29, 1.82) is 0 Å². The zero-order valence-electron chi connectivity index (χ0n) is 11.1. The van der Waals surface area contributed by atoms with E-state index in [4.69, 9.17) is 33.7 Å². The van der Waals surface area contributed by atoms with Crippen LogP contribution in [0.1, 0.15) is 5.56 Å². The van der Waals surface area contributed by atoms with Crippen LogP contribution in [0.4, 0.5) is 5.69 Å². The van der Waals surface area contributed by atoms with Gasteiger partial charge in [-0.05, 0) is 35.9 Å². The van der Waals surface area contributed by atoms with Gasteiger partial charge in [0.2, 0.25) is 0 Å². The van der Waals surface area contributed by atoms with Gasteiger partial charge in [-0.25, -0.2) is 0 Å². The van der Waals surface area contributed by atoms with E-state index < -0.39 is 5.91 Å². The zero-order valence-corrected chi connectivity index (χ0v) is 12.6. The molecule has 0 saturated heterocycles. The Bertz CT molecular complexity index is 630. The lowest BCUT2D eigenvalue weighted by Gasteiger charge is -2.10. The van der Waals surface area contributed by atoms with E-state index in [-0.39, 0.29) is 6.61 Å². The summed E-state index contributed by atoms with van der Waals surface area (Å²) in [7, 11) is 0. The van der Waals surface area contributed by atoms with Crippen molar-refractivity contribution in [1.82, 2.24) is 0 Å². The summed E-state index contributed by atoms with van der Waals surface area (Å²) in [5.74, 6) is 0.0768. The minimum absolute atomic E-state index is 0.134. The van der Waals surface area contributed by atoms with Gasteiger partial charge in [-0.15, -0.1) is 0 Å². The van der Waals surface area contributed by atoms with Crippen LogP contribution >= 0.6 is 23.2 Å². The molecule has 0 spiro atoms. The molecule has 0 aliphatic rings. The lowest BCUT2D eigenvalue weighted by molar-refractivity contribution is -0.119. The van der Waals surface area contributed by atoms with E-state index in [1.165, 1.54) is 0 Å². The van der Waals surface area contributed by atoms with Gasteiger partial charge in [0.25, 0.3) is 5.91 Å². The van der Waals surface area contributed by atoms with E-state index in [2.05, 4.69) is 5.32 Å². The quantitative estimate of drug-likeness (QED) is 0.855. The predicted molar refractivity (Wildman–Crippen MR) is 84.9 cm³/mol. The van der Waals surface area contributed by atoms with Crippen molar-refractivity contribution in [2.45, 2.75) is 6.54 Å². The molecular formula is C15H14Cl2N2O2. The van der Waals surface area contributed by atoms with Crippen LogP contribution in [-0.2, 0) is 11.3 Å². The van der Waals surface area contributed by atoms with Crippen molar-refractivity contribution < 1.29 is 9.53 Å². The molecule has 2 rings (SSSR count). The molecule has 0 aliphatic carbocycles. The molecule has 0 fully saturated rings. The molecule has 0 unspecified atom stereocenters. The highest BCUT2D eigenvalue weighted by atomic mass is 35.5. The molecule has 0 bridgehead atoms. The number of primary amides is 1. The van der Waals surface area contributed by atoms with Gasteiger partial charge in [-0.3, -0.25) is 4.79 Å². The molecule has 0 atom stereocenters. The second-order valence-electron chi connectivity index (χ2n) is 4.35. The molecule has 0 saturated carbocycles. The van der Waals surface area contributed by atoms with Gasteiger partial charge in [0.1, 0.15) is 5.75 Å². The third-order valence-electron chi connectivity index (χ3n) is 2.75. The smallest absolute Gasteiger partial charge is 0.255 e. The largest absolute Gasteiger partial charge is 0.484 e. The van der Waals surface area contributed by atoms with E-state index >= 15 is 0 Å². The minimum Gasteiger partial charge on any atom is -0.484 e. The highest BCUT2D eigenvalue weighted by Gasteiger charge is 2.04. The Morgan fingerprint density at radius 2 is 1.86 bits per heavy atom. The predicted octanol–water partition coefficient (Wildman–Crippen LogP) is 3.47. The number of hydrogen-bond acceptors (Lipinski definition) is 3. The number of halogens is 2. The first kappa shape index (κ1) is 15.5. The van der Waals surface area contributed by atoms with Crippen molar-refractivity contribution in [2.24, 2.45) is 5.73 Å². The Morgan fingerprint density at radius 3 is 2.52 bits per heavy atom. The van der Waals surface area contributed by atoms with Gasteiger partial charge in [0, 0.05) is 12.2 Å². The molecular weight excluding hydrogens is 311 g/mol. The normalized spacial score (nSPS) is 10.2. The first-order valence-corrected chi connectivity index (χ1v) is 7.00. The van der Waals surface area contributed by atoms with E-state index in [1.54, 1.807) is 18.2 Å². The molecule has 1 amide bonds. The number of rotatable bonds is 6. The monoisotopic (exact) mass is 324 g/mol. The molecule has 6 heteroatoms. The second kappa shape index (κ2) is 7.20. The van der Waals surface area contributed by atoms with Crippen molar-refractivity contribution in [3.63, 3.8) is 0 Å². The number of nitrogens with two attached hydrogens (primary N) is 1. The Kier molecular flexibility index (Phi) is 5.31. The molecule has 0 aromatic heterocycles. The number of hydrogen-bond donors (Lipinski definition) is 2. The molecule has 2 aromatic carbocycles. The van der Waals surface area contributed by atoms with Crippen LogP contribution in [-0.4, -0.2) is 12.5 Å². The maximum absolute atomic E-state index is 10.6. The summed E-state index contributed by atoms with van der Waals surface area (Å²) in [5, 5.41) is 4.31. The van der Waals surface area contributed by atoms with Gasteiger partial charge in [0.05, 0.1) is 10.0 Å². The average molecular weight is 325 g/mol. The Morgan fingerprint density at radius 1 is 1.14 bits per heavy atom. The van der Waals surface area contributed by atoms with E-state index in [0.717, 1.165) is 11.3 Å². The first-order valence-electron chi connectivity index (χ1n) is 6.24. The number of carbonyl (C=O) groups is 1. The van der Waals surface area contributed by atoms with Crippen LogP contribution in [0, 0.1) is 0 Å². The second-order valence-corrected chi connectivity index (χ2v) is 5.13. The number of anilines is 1. The molecule has 21 heavy (non-hydrogen) atoms. The van der Waals surface area contributed by atoms with Crippen LogP contribution in [0.2, 0.25) is 10.0 Å². The van der Waals surface area contributed by atoms with E-state index in [0.29, 0.717) is 22.3 Å². The van der Waals surface area contributed by atoms with Crippen molar-refractivity contribution in [3.8, 4) is 5.75 Å². The third kappa shape index (κ3) is 4.55. The summed E-state index contributed by atoms with van der Waals surface area (Å²) in [4.78, 5) is 10.6. The van der Waals surface area contributed by atoms with Crippen molar-refractivity contribution in [2.75, 3.05) is 11.9 Å². The fourth-order valence-electron chi connectivity index (χ4n) is 1.71. The SMILES string of the molecule is NC(=O)COc1ccc(NCc2cccc(Cl)c2Cl)cc1. The van der Waals surface area contributed by atoms with Crippen LogP contribution in [0.15, 0.2) is 42.5 Å². The van der Waals surface area contributed by atoms with Gasteiger partial charge in [0.15, 0.2) is 6.61 Å². The zero-order chi connectivity index (χ0) is 15.2. The molecule has 4 nitrogen and oxygen atoms in total. The first-order chi connectivity index (χ1) is 10.1. The number of benzene rings is 2. The molecule has 0 aliphatic heterocycles. The number of amides is 1. The standard InChI is InChI=1S/C15H14Cl2N2O2/c16-13-3-1-2-10(15(13)17)8-19-11-4-6-12(7-5-11)21-9-14(18)20/h1-7,19H,8-9H2,(H2,18,20).